The van der Waals surface area contributed by atoms with Gasteiger partial charge in [0.2, 0.25) is 0 Å². The first-order chi connectivity index (χ1) is 11.0. The summed E-state index contributed by atoms with van der Waals surface area (Å²) in [7, 11) is 0. The van der Waals surface area contributed by atoms with Crippen molar-refractivity contribution in [2.45, 2.75) is 0 Å². The molecule has 0 fully saturated rings. The van der Waals surface area contributed by atoms with Gasteiger partial charge in [-0.2, -0.15) is 0 Å². The second kappa shape index (κ2) is 6.66. The van der Waals surface area contributed by atoms with Crippen molar-refractivity contribution in [3.63, 3.8) is 0 Å². The molecule has 116 valence electrons. The molecule has 0 saturated carbocycles. The molecular formula is C17H8Cl4FN. The van der Waals surface area contributed by atoms with Crippen LogP contribution in [-0.4, -0.2) is 4.98 Å². The third-order valence-corrected chi connectivity index (χ3v) is 4.36. The normalized spacial score (nSPS) is 10.8. The van der Waals surface area contributed by atoms with E-state index in [0.717, 1.165) is 6.20 Å². The van der Waals surface area contributed by atoms with E-state index in [9.17, 15) is 4.39 Å². The SMILES string of the molecule is Fc1cnc(-c2ccc(Cl)cc2Cl)c(-c2ccc(Cl)cc2Cl)c1. The van der Waals surface area contributed by atoms with E-state index in [1.165, 1.54) is 6.07 Å². The minimum atomic E-state index is -0.472. The van der Waals surface area contributed by atoms with Crippen molar-refractivity contribution in [1.82, 2.24) is 4.98 Å². The molecule has 0 bridgehead atoms. The zero-order valence-electron chi connectivity index (χ0n) is 11.5. The number of hydrogen-bond donors (Lipinski definition) is 0. The maximum atomic E-state index is 13.7. The van der Waals surface area contributed by atoms with Gasteiger partial charge in [0.15, 0.2) is 0 Å². The minimum absolute atomic E-state index is 0.399. The third kappa shape index (κ3) is 3.46. The van der Waals surface area contributed by atoms with Crippen LogP contribution in [0.5, 0.6) is 0 Å². The lowest BCUT2D eigenvalue weighted by atomic mass is 9.99. The Hall–Kier alpha value is -1.32. The van der Waals surface area contributed by atoms with Crippen molar-refractivity contribution < 1.29 is 4.39 Å². The number of benzene rings is 2. The van der Waals surface area contributed by atoms with Crippen LogP contribution in [0.4, 0.5) is 4.39 Å². The van der Waals surface area contributed by atoms with Crippen molar-refractivity contribution in [2.75, 3.05) is 0 Å². The number of aromatic nitrogens is 1. The standard InChI is InChI=1S/C17H8Cl4FN/c18-9-1-3-12(15(20)5-9)14-7-11(22)8-23-17(14)13-4-2-10(19)6-16(13)21/h1-8H. The van der Waals surface area contributed by atoms with E-state index in [1.807, 2.05) is 0 Å². The van der Waals surface area contributed by atoms with Crippen LogP contribution >= 0.6 is 46.4 Å². The van der Waals surface area contributed by atoms with Crippen LogP contribution in [0.1, 0.15) is 0 Å². The molecule has 3 aromatic rings. The number of pyridine rings is 1. The summed E-state index contributed by atoms with van der Waals surface area (Å²) in [4.78, 5) is 4.18. The molecule has 23 heavy (non-hydrogen) atoms. The Morgan fingerprint density at radius 3 is 1.83 bits per heavy atom. The lowest BCUT2D eigenvalue weighted by molar-refractivity contribution is 0.622. The molecule has 0 N–H and O–H groups in total. The highest BCUT2D eigenvalue weighted by molar-refractivity contribution is 6.37. The molecule has 0 unspecified atom stereocenters. The predicted molar refractivity (Wildman–Crippen MR) is 95.1 cm³/mol. The fraction of sp³-hybridized carbons (Fsp3) is 0. The highest BCUT2D eigenvalue weighted by atomic mass is 35.5. The summed E-state index contributed by atoms with van der Waals surface area (Å²) in [6.07, 6.45) is 1.13. The summed E-state index contributed by atoms with van der Waals surface area (Å²) in [6.45, 7) is 0. The largest absolute Gasteiger partial charge is 0.252 e. The number of hydrogen-bond acceptors (Lipinski definition) is 1. The Morgan fingerprint density at radius 2 is 1.26 bits per heavy atom. The van der Waals surface area contributed by atoms with Crippen LogP contribution in [0, 0.1) is 5.82 Å². The molecule has 0 radical (unpaired) electrons. The molecule has 6 heteroatoms. The summed E-state index contributed by atoms with van der Waals surface area (Å²) in [5.41, 5.74) is 2.29. The number of rotatable bonds is 2. The maximum absolute atomic E-state index is 13.7. The van der Waals surface area contributed by atoms with Crippen molar-refractivity contribution >= 4 is 46.4 Å². The van der Waals surface area contributed by atoms with Crippen molar-refractivity contribution in [3.05, 3.63) is 74.6 Å². The second-order valence-electron chi connectivity index (χ2n) is 4.80. The molecule has 1 heterocycles. The van der Waals surface area contributed by atoms with Crippen molar-refractivity contribution in [1.29, 1.82) is 0 Å². The molecule has 2 aromatic carbocycles. The highest BCUT2D eigenvalue weighted by Gasteiger charge is 2.16. The summed E-state index contributed by atoms with van der Waals surface area (Å²) in [5.74, 6) is -0.472. The Balaban J connectivity index is 2.27. The zero-order valence-corrected chi connectivity index (χ0v) is 14.5. The lowest BCUT2D eigenvalue weighted by Crippen LogP contribution is -1.93. The fourth-order valence-electron chi connectivity index (χ4n) is 2.25. The molecule has 0 aliphatic heterocycles. The lowest BCUT2D eigenvalue weighted by Gasteiger charge is -2.12. The Kier molecular flexibility index (Phi) is 4.79. The first-order valence-corrected chi connectivity index (χ1v) is 8.03. The molecule has 0 aliphatic carbocycles. The van der Waals surface area contributed by atoms with E-state index in [4.69, 9.17) is 46.4 Å². The van der Waals surface area contributed by atoms with Crippen LogP contribution in [-0.2, 0) is 0 Å². The van der Waals surface area contributed by atoms with Gasteiger partial charge in [0, 0.05) is 31.8 Å². The summed E-state index contributed by atoms with van der Waals surface area (Å²) < 4.78 is 13.7. The van der Waals surface area contributed by atoms with Crippen molar-refractivity contribution in [3.8, 4) is 22.4 Å². The van der Waals surface area contributed by atoms with E-state index in [0.29, 0.717) is 42.5 Å². The van der Waals surface area contributed by atoms with Gasteiger partial charge in [0.1, 0.15) is 5.82 Å². The van der Waals surface area contributed by atoms with E-state index in [-0.39, 0.29) is 0 Å². The molecule has 3 rings (SSSR count). The predicted octanol–water partition coefficient (Wildman–Crippen LogP) is 7.17. The minimum Gasteiger partial charge on any atom is -0.252 e. The summed E-state index contributed by atoms with van der Waals surface area (Å²) in [5, 5.41) is 1.82. The van der Waals surface area contributed by atoms with Crippen LogP contribution in [0.25, 0.3) is 22.4 Å². The van der Waals surface area contributed by atoms with Gasteiger partial charge in [0.05, 0.1) is 16.9 Å². The number of halogens is 5. The van der Waals surface area contributed by atoms with E-state index >= 15 is 0 Å². The topological polar surface area (TPSA) is 12.9 Å². The number of nitrogens with zero attached hydrogens (tertiary/aromatic N) is 1. The molecular weight excluding hydrogens is 379 g/mol. The van der Waals surface area contributed by atoms with Gasteiger partial charge in [-0.1, -0.05) is 52.5 Å². The van der Waals surface area contributed by atoms with Gasteiger partial charge < -0.3 is 0 Å². The first-order valence-electron chi connectivity index (χ1n) is 6.52. The average Bonchev–Trinajstić information content (AvgIpc) is 2.48. The van der Waals surface area contributed by atoms with E-state index in [1.54, 1.807) is 36.4 Å². The molecule has 1 nitrogen and oxygen atoms in total. The molecule has 0 amide bonds. The smallest absolute Gasteiger partial charge is 0.142 e. The van der Waals surface area contributed by atoms with Gasteiger partial charge in [-0.3, -0.25) is 4.98 Å². The second-order valence-corrected chi connectivity index (χ2v) is 6.49. The van der Waals surface area contributed by atoms with Crippen LogP contribution < -0.4 is 0 Å². The van der Waals surface area contributed by atoms with Crippen LogP contribution in [0.15, 0.2) is 48.7 Å². The average molecular weight is 387 g/mol. The van der Waals surface area contributed by atoms with Gasteiger partial charge >= 0.3 is 0 Å². The Morgan fingerprint density at radius 1 is 0.696 bits per heavy atom. The molecule has 0 aliphatic rings. The maximum Gasteiger partial charge on any atom is 0.142 e. The third-order valence-electron chi connectivity index (χ3n) is 3.26. The Bertz CT molecular complexity index is 896. The quantitative estimate of drug-likeness (QED) is 0.454. The monoisotopic (exact) mass is 385 g/mol. The molecule has 0 saturated heterocycles. The molecule has 1 aromatic heterocycles. The van der Waals surface area contributed by atoms with Crippen LogP contribution in [0.3, 0.4) is 0 Å². The fourth-order valence-corrected chi connectivity index (χ4v) is 3.26. The molecule has 0 spiro atoms. The van der Waals surface area contributed by atoms with Gasteiger partial charge in [-0.15, -0.1) is 0 Å². The van der Waals surface area contributed by atoms with E-state index < -0.39 is 5.82 Å². The van der Waals surface area contributed by atoms with Gasteiger partial charge in [-0.25, -0.2) is 4.39 Å². The van der Waals surface area contributed by atoms with Gasteiger partial charge in [-0.05, 0) is 36.4 Å². The van der Waals surface area contributed by atoms with E-state index in [2.05, 4.69) is 4.98 Å². The molecule has 0 atom stereocenters. The Labute approximate surface area is 152 Å². The van der Waals surface area contributed by atoms with Crippen LogP contribution in [0.2, 0.25) is 20.1 Å². The van der Waals surface area contributed by atoms with Gasteiger partial charge in [0.25, 0.3) is 0 Å². The first kappa shape index (κ1) is 16.5. The van der Waals surface area contributed by atoms with Crippen molar-refractivity contribution in [2.24, 2.45) is 0 Å². The summed E-state index contributed by atoms with van der Waals surface area (Å²) >= 11 is 24.4. The summed E-state index contributed by atoms with van der Waals surface area (Å²) in [6, 6.07) is 11.4. The zero-order chi connectivity index (χ0) is 16.6. The highest BCUT2D eigenvalue weighted by Crippen LogP contribution is 2.39.